The fourth-order valence-corrected chi connectivity index (χ4v) is 2.64. The summed E-state index contributed by atoms with van der Waals surface area (Å²) < 4.78 is 6.83. The molecule has 1 amide bonds. The molecule has 0 saturated heterocycles. The van der Waals surface area contributed by atoms with Crippen molar-refractivity contribution in [2.75, 3.05) is 5.32 Å². The standard InChI is InChI=1S/C16H22N4O3/c1-6-13-9(2)16(23-19-13)17-14(22)7-8-20-11(4)15(12(5)21)10(3)18-20/h6-8H2,1-5H3,(H,17,22). The topological polar surface area (TPSA) is 90.0 Å². The predicted octanol–water partition coefficient (Wildman–Crippen LogP) is 2.59. The van der Waals surface area contributed by atoms with E-state index >= 15 is 0 Å². The largest absolute Gasteiger partial charge is 0.338 e. The van der Waals surface area contributed by atoms with E-state index in [-0.39, 0.29) is 18.1 Å². The molecule has 0 atom stereocenters. The van der Waals surface area contributed by atoms with Crippen molar-refractivity contribution in [3.05, 3.63) is 28.2 Å². The number of hydrogen-bond acceptors (Lipinski definition) is 5. The molecule has 0 aliphatic heterocycles. The Morgan fingerprint density at radius 3 is 2.48 bits per heavy atom. The van der Waals surface area contributed by atoms with Crippen LogP contribution in [0.4, 0.5) is 5.88 Å². The number of ketones is 1. The first-order valence-electron chi connectivity index (χ1n) is 7.65. The van der Waals surface area contributed by atoms with Crippen LogP contribution in [0.1, 0.15) is 53.3 Å². The van der Waals surface area contributed by atoms with Crippen molar-refractivity contribution in [1.82, 2.24) is 14.9 Å². The van der Waals surface area contributed by atoms with Gasteiger partial charge in [-0.15, -0.1) is 0 Å². The predicted molar refractivity (Wildman–Crippen MR) is 85.6 cm³/mol. The van der Waals surface area contributed by atoms with Crippen molar-refractivity contribution in [2.24, 2.45) is 0 Å². The zero-order chi connectivity index (χ0) is 17.1. The SMILES string of the molecule is CCc1noc(NC(=O)CCn2nc(C)c(C(C)=O)c2C)c1C. The van der Waals surface area contributed by atoms with Crippen molar-refractivity contribution in [1.29, 1.82) is 0 Å². The van der Waals surface area contributed by atoms with Crippen molar-refractivity contribution in [3.63, 3.8) is 0 Å². The van der Waals surface area contributed by atoms with Gasteiger partial charge in [0.15, 0.2) is 5.78 Å². The molecule has 0 fully saturated rings. The Bertz CT molecular complexity index is 743. The highest BCUT2D eigenvalue weighted by atomic mass is 16.5. The van der Waals surface area contributed by atoms with Crippen molar-refractivity contribution in [2.45, 2.75) is 54.0 Å². The van der Waals surface area contributed by atoms with Gasteiger partial charge < -0.3 is 4.52 Å². The number of nitrogens with zero attached hydrogens (tertiary/aromatic N) is 3. The number of carbonyl (C=O) groups excluding carboxylic acids is 2. The summed E-state index contributed by atoms with van der Waals surface area (Å²) in [4.78, 5) is 23.7. The molecule has 23 heavy (non-hydrogen) atoms. The zero-order valence-electron chi connectivity index (χ0n) is 14.2. The summed E-state index contributed by atoms with van der Waals surface area (Å²) in [5.74, 6) is 0.202. The van der Waals surface area contributed by atoms with Gasteiger partial charge >= 0.3 is 0 Å². The van der Waals surface area contributed by atoms with Gasteiger partial charge in [0, 0.05) is 24.2 Å². The van der Waals surface area contributed by atoms with Crippen LogP contribution in [-0.4, -0.2) is 26.6 Å². The molecule has 2 rings (SSSR count). The van der Waals surface area contributed by atoms with Gasteiger partial charge in [0.1, 0.15) is 0 Å². The molecule has 0 bridgehead atoms. The molecule has 0 unspecified atom stereocenters. The van der Waals surface area contributed by atoms with Gasteiger partial charge in [0.2, 0.25) is 11.8 Å². The minimum atomic E-state index is -0.177. The highest BCUT2D eigenvalue weighted by Crippen LogP contribution is 2.19. The molecule has 1 N–H and O–H groups in total. The summed E-state index contributed by atoms with van der Waals surface area (Å²) in [6.07, 6.45) is 0.992. The Hall–Kier alpha value is -2.44. The van der Waals surface area contributed by atoms with Gasteiger partial charge in [0.25, 0.3) is 0 Å². The fourth-order valence-electron chi connectivity index (χ4n) is 2.64. The number of aryl methyl sites for hydroxylation is 3. The quantitative estimate of drug-likeness (QED) is 0.827. The number of nitrogens with one attached hydrogen (secondary N) is 1. The van der Waals surface area contributed by atoms with E-state index in [2.05, 4.69) is 15.6 Å². The van der Waals surface area contributed by atoms with Gasteiger partial charge in [-0.25, -0.2) is 0 Å². The summed E-state index contributed by atoms with van der Waals surface area (Å²) in [5, 5.41) is 11.0. The molecule has 0 aliphatic carbocycles. The van der Waals surface area contributed by atoms with Gasteiger partial charge in [-0.3, -0.25) is 19.6 Å². The van der Waals surface area contributed by atoms with Crippen molar-refractivity contribution < 1.29 is 14.1 Å². The van der Waals surface area contributed by atoms with Crippen LogP contribution < -0.4 is 5.32 Å². The monoisotopic (exact) mass is 318 g/mol. The van der Waals surface area contributed by atoms with E-state index in [1.807, 2.05) is 20.8 Å². The van der Waals surface area contributed by atoms with Gasteiger partial charge in [0.05, 0.1) is 17.0 Å². The lowest BCUT2D eigenvalue weighted by Gasteiger charge is -2.05. The normalized spacial score (nSPS) is 10.8. The third kappa shape index (κ3) is 3.49. The van der Waals surface area contributed by atoms with E-state index in [9.17, 15) is 9.59 Å². The Labute approximate surface area is 135 Å². The molecule has 2 aromatic heterocycles. The second-order valence-electron chi connectivity index (χ2n) is 5.56. The third-order valence-corrected chi connectivity index (χ3v) is 3.89. The van der Waals surface area contributed by atoms with Crippen LogP contribution in [-0.2, 0) is 17.8 Å². The Balaban J connectivity index is 2.01. The zero-order valence-corrected chi connectivity index (χ0v) is 14.2. The maximum Gasteiger partial charge on any atom is 0.234 e. The van der Waals surface area contributed by atoms with Crippen LogP contribution in [0.5, 0.6) is 0 Å². The summed E-state index contributed by atoms with van der Waals surface area (Å²) in [5.41, 5.74) is 3.79. The molecule has 0 saturated carbocycles. The smallest absolute Gasteiger partial charge is 0.234 e. The first kappa shape index (κ1) is 16.9. The molecular weight excluding hydrogens is 296 g/mol. The molecule has 0 aliphatic rings. The van der Waals surface area contributed by atoms with Gasteiger partial charge in [-0.2, -0.15) is 5.10 Å². The molecule has 2 heterocycles. The minimum Gasteiger partial charge on any atom is -0.338 e. The van der Waals surface area contributed by atoms with E-state index < -0.39 is 0 Å². The van der Waals surface area contributed by atoms with Crippen LogP contribution in [0.25, 0.3) is 0 Å². The maximum absolute atomic E-state index is 12.1. The number of anilines is 1. The van der Waals surface area contributed by atoms with Crippen molar-refractivity contribution in [3.8, 4) is 0 Å². The van der Waals surface area contributed by atoms with E-state index in [1.54, 1.807) is 11.6 Å². The lowest BCUT2D eigenvalue weighted by molar-refractivity contribution is -0.116. The first-order valence-corrected chi connectivity index (χ1v) is 7.65. The summed E-state index contributed by atoms with van der Waals surface area (Å²) in [7, 11) is 0. The molecule has 124 valence electrons. The second kappa shape index (κ2) is 6.76. The number of aromatic nitrogens is 3. The van der Waals surface area contributed by atoms with E-state index in [0.717, 1.165) is 23.4 Å². The highest BCUT2D eigenvalue weighted by Gasteiger charge is 2.17. The van der Waals surface area contributed by atoms with Crippen LogP contribution in [0.3, 0.4) is 0 Å². The molecule has 7 nitrogen and oxygen atoms in total. The second-order valence-corrected chi connectivity index (χ2v) is 5.56. The van der Waals surface area contributed by atoms with Crippen LogP contribution in [0.15, 0.2) is 4.52 Å². The molecule has 7 heteroatoms. The lowest BCUT2D eigenvalue weighted by atomic mass is 10.1. The van der Waals surface area contributed by atoms with Crippen LogP contribution in [0.2, 0.25) is 0 Å². The highest BCUT2D eigenvalue weighted by molar-refractivity contribution is 5.96. The minimum absolute atomic E-state index is 0.0138. The van der Waals surface area contributed by atoms with Crippen LogP contribution in [0, 0.1) is 20.8 Å². The lowest BCUT2D eigenvalue weighted by Crippen LogP contribution is -2.16. The molecule has 0 radical (unpaired) electrons. The average Bonchev–Trinajstić information content (AvgIpc) is 2.97. The number of Topliss-reactive ketones (excluding diaryl/α,β-unsaturated/α-hetero) is 1. The summed E-state index contributed by atoms with van der Waals surface area (Å²) >= 11 is 0. The van der Waals surface area contributed by atoms with Crippen LogP contribution >= 0.6 is 0 Å². The van der Waals surface area contributed by atoms with E-state index in [1.165, 1.54) is 6.92 Å². The van der Waals surface area contributed by atoms with Gasteiger partial charge in [-0.05, 0) is 34.1 Å². The summed E-state index contributed by atoms with van der Waals surface area (Å²) in [6.45, 7) is 9.40. The Kier molecular flexibility index (Phi) is 4.98. The molecular formula is C16H22N4O3. The Morgan fingerprint density at radius 1 is 1.26 bits per heavy atom. The maximum atomic E-state index is 12.1. The van der Waals surface area contributed by atoms with E-state index in [4.69, 9.17) is 4.52 Å². The first-order chi connectivity index (χ1) is 10.8. The summed E-state index contributed by atoms with van der Waals surface area (Å²) in [6, 6.07) is 0. The Morgan fingerprint density at radius 2 is 1.96 bits per heavy atom. The molecule has 0 aromatic carbocycles. The molecule has 2 aromatic rings. The number of carbonyl (C=O) groups is 2. The van der Waals surface area contributed by atoms with Crippen molar-refractivity contribution >= 4 is 17.6 Å². The fraction of sp³-hybridized carbons (Fsp3) is 0.500. The van der Waals surface area contributed by atoms with E-state index in [0.29, 0.717) is 23.7 Å². The number of rotatable bonds is 6. The number of hydrogen-bond donors (Lipinski definition) is 1. The average molecular weight is 318 g/mol. The molecule has 0 spiro atoms. The number of amides is 1. The third-order valence-electron chi connectivity index (χ3n) is 3.89. The van der Waals surface area contributed by atoms with Gasteiger partial charge in [-0.1, -0.05) is 12.1 Å².